The average molecular weight is 272 g/mol. The first kappa shape index (κ1) is 15.1. The van der Waals surface area contributed by atoms with E-state index in [1.807, 2.05) is 6.07 Å². The Balaban J connectivity index is 0.00000162. The lowest BCUT2D eigenvalue weighted by Gasteiger charge is -2.23. The van der Waals surface area contributed by atoms with E-state index in [1.165, 1.54) is 24.9 Å². The Kier molecular flexibility index (Phi) is 6.30. The second-order valence-electron chi connectivity index (χ2n) is 4.61. The maximum absolute atomic E-state index is 5.33. The van der Waals surface area contributed by atoms with E-state index in [9.17, 15) is 0 Å². The first-order chi connectivity index (χ1) is 8.33. The SMILES string of the molecule is COc1ccc(C[C@H]2CCCNC2)cc1OC.Cl. The second-order valence-corrected chi connectivity index (χ2v) is 4.61. The van der Waals surface area contributed by atoms with Crippen LogP contribution in [-0.2, 0) is 6.42 Å². The van der Waals surface area contributed by atoms with Gasteiger partial charge < -0.3 is 14.8 Å². The highest BCUT2D eigenvalue weighted by Crippen LogP contribution is 2.29. The van der Waals surface area contributed by atoms with Crippen LogP contribution in [0.4, 0.5) is 0 Å². The fourth-order valence-electron chi connectivity index (χ4n) is 2.44. The van der Waals surface area contributed by atoms with Gasteiger partial charge in [-0.3, -0.25) is 0 Å². The van der Waals surface area contributed by atoms with Gasteiger partial charge in [-0.1, -0.05) is 6.07 Å². The van der Waals surface area contributed by atoms with Gasteiger partial charge in [-0.25, -0.2) is 0 Å². The zero-order valence-corrected chi connectivity index (χ0v) is 11.9. The molecule has 0 radical (unpaired) electrons. The van der Waals surface area contributed by atoms with E-state index in [1.54, 1.807) is 14.2 Å². The molecule has 0 saturated carbocycles. The normalized spacial score (nSPS) is 18.9. The number of hydrogen-bond acceptors (Lipinski definition) is 3. The van der Waals surface area contributed by atoms with Gasteiger partial charge in [-0.2, -0.15) is 0 Å². The van der Waals surface area contributed by atoms with Gasteiger partial charge >= 0.3 is 0 Å². The van der Waals surface area contributed by atoms with Crippen LogP contribution in [0.2, 0.25) is 0 Å². The van der Waals surface area contributed by atoms with Crippen LogP contribution in [0.3, 0.4) is 0 Å². The quantitative estimate of drug-likeness (QED) is 0.913. The summed E-state index contributed by atoms with van der Waals surface area (Å²) >= 11 is 0. The predicted molar refractivity (Wildman–Crippen MR) is 76.1 cm³/mol. The van der Waals surface area contributed by atoms with Crippen LogP contribution < -0.4 is 14.8 Å². The van der Waals surface area contributed by atoms with Crippen LogP contribution in [0, 0.1) is 5.92 Å². The molecule has 1 aliphatic heterocycles. The van der Waals surface area contributed by atoms with Crippen molar-refractivity contribution in [2.45, 2.75) is 19.3 Å². The molecule has 1 saturated heterocycles. The fourth-order valence-corrected chi connectivity index (χ4v) is 2.44. The lowest BCUT2D eigenvalue weighted by molar-refractivity contribution is 0.352. The van der Waals surface area contributed by atoms with E-state index in [4.69, 9.17) is 9.47 Å². The summed E-state index contributed by atoms with van der Waals surface area (Å²) in [6.45, 7) is 2.30. The standard InChI is InChI=1S/C14H21NO2.ClH/c1-16-13-6-5-11(9-14(13)17-2)8-12-4-3-7-15-10-12;/h5-6,9,12,15H,3-4,7-8,10H2,1-2H3;1H/t12-;/m1./s1. The van der Waals surface area contributed by atoms with Gasteiger partial charge in [0.2, 0.25) is 0 Å². The summed E-state index contributed by atoms with van der Waals surface area (Å²) in [6.07, 6.45) is 3.73. The molecule has 0 bridgehead atoms. The molecule has 0 aliphatic carbocycles. The largest absolute Gasteiger partial charge is 0.493 e. The number of rotatable bonds is 4. The van der Waals surface area contributed by atoms with Crippen molar-refractivity contribution in [3.8, 4) is 11.5 Å². The van der Waals surface area contributed by atoms with Crippen LogP contribution in [-0.4, -0.2) is 27.3 Å². The molecule has 0 aromatic heterocycles. The molecule has 1 atom stereocenters. The molecule has 102 valence electrons. The van der Waals surface area contributed by atoms with E-state index in [0.29, 0.717) is 0 Å². The van der Waals surface area contributed by atoms with E-state index >= 15 is 0 Å². The molecular weight excluding hydrogens is 250 g/mol. The Bertz CT molecular complexity index is 365. The highest BCUT2D eigenvalue weighted by Gasteiger charge is 2.14. The number of methoxy groups -OCH3 is 2. The predicted octanol–water partition coefficient (Wildman–Crippen LogP) is 2.67. The third kappa shape index (κ3) is 3.79. The summed E-state index contributed by atoms with van der Waals surface area (Å²) in [5.74, 6) is 2.38. The van der Waals surface area contributed by atoms with Crippen LogP contribution in [0.1, 0.15) is 18.4 Å². The minimum atomic E-state index is 0. The first-order valence-corrected chi connectivity index (χ1v) is 6.25. The number of benzene rings is 1. The molecule has 0 spiro atoms. The lowest BCUT2D eigenvalue weighted by Crippen LogP contribution is -2.30. The van der Waals surface area contributed by atoms with Crippen molar-refractivity contribution in [3.05, 3.63) is 23.8 Å². The monoisotopic (exact) mass is 271 g/mol. The van der Waals surface area contributed by atoms with Crippen molar-refractivity contribution >= 4 is 12.4 Å². The van der Waals surface area contributed by atoms with Crippen LogP contribution in [0.15, 0.2) is 18.2 Å². The zero-order valence-electron chi connectivity index (χ0n) is 11.1. The summed E-state index contributed by atoms with van der Waals surface area (Å²) in [5, 5.41) is 3.45. The van der Waals surface area contributed by atoms with Gasteiger partial charge in [0.15, 0.2) is 11.5 Å². The van der Waals surface area contributed by atoms with Crippen molar-refractivity contribution in [2.75, 3.05) is 27.3 Å². The molecule has 1 aromatic carbocycles. The minimum absolute atomic E-state index is 0. The smallest absolute Gasteiger partial charge is 0.160 e. The molecule has 4 heteroatoms. The van der Waals surface area contributed by atoms with Gasteiger partial charge in [0.05, 0.1) is 14.2 Å². The van der Waals surface area contributed by atoms with E-state index < -0.39 is 0 Å². The lowest BCUT2D eigenvalue weighted by atomic mass is 9.92. The Morgan fingerprint density at radius 3 is 2.61 bits per heavy atom. The van der Waals surface area contributed by atoms with E-state index in [0.717, 1.165) is 30.4 Å². The fraction of sp³-hybridized carbons (Fsp3) is 0.571. The van der Waals surface area contributed by atoms with Crippen molar-refractivity contribution in [3.63, 3.8) is 0 Å². The minimum Gasteiger partial charge on any atom is -0.493 e. The maximum Gasteiger partial charge on any atom is 0.160 e. The molecule has 3 nitrogen and oxygen atoms in total. The first-order valence-electron chi connectivity index (χ1n) is 6.25. The van der Waals surface area contributed by atoms with Gasteiger partial charge in [-0.05, 0) is 56.0 Å². The number of nitrogens with one attached hydrogen (secondary N) is 1. The third-order valence-electron chi connectivity index (χ3n) is 3.37. The summed E-state index contributed by atoms with van der Waals surface area (Å²) in [7, 11) is 3.35. The molecule has 1 fully saturated rings. The summed E-state index contributed by atoms with van der Waals surface area (Å²) in [5.41, 5.74) is 1.33. The highest BCUT2D eigenvalue weighted by atomic mass is 35.5. The number of ether oxygens (including phenoxy) is 2. The molecule has 1 N–H and O–H groups in total. The third-order valence-corrected chi connectivity index (χ3v) is 3.37. The summed E-state index contributed by atoms with van der Waals surface area (Å²) < 4.78 is 10.6. The zero-order chi connectivity index (χ0) is 12.1. The van der Waals surface area contributed by atoms with Crippen LogP contribution in [0.25, 0.3) is 0 Å². The van der Waals surface area contributed by atoms with Gasteiger partial charge in [0.1, 0.15) is 0 Å². The van der Waals surface area contributed by atoms with Gasteiger partial charge in [0, 0.05) is 0 Å². The molecule has 18 heavy (non-hydrogen) atoms. The molecule has 1 aromatic rings. The average Bonchev–Trinajstić information content (AvgIpc) is 2.40. The molecule has 0 amide bonds. The molecule has 0 unspecified atom stereocenters. The number of hydrogen-bond donors (Lipinski definition) is 1. The van der Waals surface area contributed by atoms with Crippen molar-refractivity contribution < 1.29 is 9.47 Å². The highest BCUT2D eigenvalue weighted by molar-refractivity contribution is 5.85. The summed E-state index contributed by atoms with van der Waals surface area (Å²) in [4.78, 5) is 0. The number of piperidine rings is 1. The van der Waals surface area contributed by atoms with Gasteiger partial charge in [-0.15, -0.1) is 12.4 Å². The Hall–Kier alpha value is -0.930. The Morgan fingerprint density at radius 1 is 1.22 bits per heavy atom. The Labute approximate surface area is 115 Å². The Morgan fingerprint density at radius 2 is 2.00 bits per heavy atom. The van der Waals surface area contributed by atoms with Crippen molar-refractivity contribution in [1.82, 2.24) is 5.32 Å². The maximum atomic E-state index is 5.33. The molecule has 2 rings (SSSR count). The van der Waals surface area contributed by atoms with Crippen molar-refractivity contribution in [1.29, 1.82) is 0 Å². The molecular formula is C14H22ClNO2. The van der Waals surface area contributed by atoms with Crippen LogP contribution in [0.5, 0.6) is 11.5 Å². The van der Waals surface area contributed by atoms with E-state index in [-0.39, 0.29) is 12.4 Å². The number of halogens is 1. The second kappa shape index (κ2) is 7.49. The molecule has 1 heterocycles. The van der Waals surface area contributed by atoms with E-state index in [2.05, 4.69) is 17.4 Å². The molecule has 1 aliphatic rings. The topological polar surface area (TPSA) is 30.5 Å². The van der Waals surface area contributed by atoms with Gasteiger partial charge in [0.25, 0.3) is 0 Å². The summed E-state index contributed by atoms with van der Waals surface area (Å²) in [6, 6.07) is 6.22. The van der Waals surface area contributed by atoms with Crippen molar-refractivity contribution in [2.24, 2.45) is 5.92 Å². The van der Waals surface area contributed by atoms with Crippen LogP contribution >= 0.6 is 12.4 Å².